The molecular weight excluding hydrogens is 138 g/mol. The Morgan fingerprint density at radius 3 is 2.00 bits per heavy atom. The minimum absolute atomic E-state index is 0.882. The predicted octanol–water partition coefficient (Wildman–Crippen LogP) is -1.65. The number of hydrogen-bond donors (Lipinski definition) is 3. The molecule has 2 atom stereocenters. The van der Waals surface area contributed by atoms with Crippen LogP contribution in [0.25, 0.3) is 0 Å². The fourth-order valence-electron chi connectivity index (χ4n) is 0.382. The van der Waals surface area contributed by atoms with Crippen LogP contribution in [0.2, 0.25) is 0 Å². The molecular formula is C5H9NO4. The van der Waals surface area contributed by atoms with Gasteiger partial charge in [0.15, 0.2) is 11.8 Å². The molecule has 0 aromatic rings. The number of ketones is 1. The maximum absolute atomic E-state index is 10.5. The van der Waals surface area contributed by atoms with E-state index in [1.165, 1.54) is 6.92 Å². The summed E-state index contributed by atoms with van der Waals surface area (Å²) in [4.78, 5) is 20.5. The van der Waals surface area contributed by atoms with Crippen molar-refractivity contribution in [2.24, 2.45) is 5.73 Å². The zero-order valence-corrected chi connectivity index (χ0v) is 5.44. The fourth-order valence-corrected chi connectivity index (χ4v) is 0.382. The summed E-state index contributed by atoms with van der Waals surface area (Å²) in [5, 5.41) is 16.7. The molecule has 0 heterocycles. The number of carboxylic acids is 1. The van der Waals surface area contributed by atoms with E-state index < -0.39 is 23.9 Å². The smallest absolute Gasteiger partial charge is 0.328 e. The lowest BCUT2D eigenvalue weighted by Gasteiger charge is -2.06. The molecule has 0 aromatic heterocycles. The van der Waals surface area contributed by atoms with Crippen LogP contribution in [0, 0.1) is 0 Å². The number of aliphatic hydroxyl groups is 1. The van der Waals surface area contributed by atoms with Crippen LogP contribution in [-0.4, -0.2) is 34.1 Å². The third-order valence-electron chi connectivity index (χ3n) is 0.984. The molecule has 0 aliphatic heterocycles. The minimum atomic E-state index is -1.61. The van der Waals surface area contributed by atoms with Crippen molar-refractivity contribution in [3.63, 3.8) is 0 Å². The first kappa shape index (κ1) is 9.06. The normalized spacial score (nSPS) is 15.9. The van der Waals surface area contributed by atoms with Gasteiger partial charge in [-0.05, 0) is 6.92 Å². The van der Waals surface area contributed by atoms with Crippen molar-refractivity contribution >= 4 is 11.8 Å². The highest BCUT2D eigenvalue weighted by Gasteiger charge is 2.24. The van der Waals surface area contributed by atoms with Crippen molar-refractivity contribution in [3.8, 4) is 0 Å². The second-order valence-corrected chi connectivity index (χ2v) is 1.89. The van der Waals surface area contributed by atoms with Crippen molar-refractivity contribution in [2.45, 2.75) is 19.1 Å². The Morgan fingerprint density at radius 2 is 1.90 bits per heavy atom. The molecule has 0 saturated carbocycles. The molecule has 0 saturated heterocycles. The second-order valence-electron chi connectivity index (χ2n) is 1.89. The second kappa shape index (κ2) is 3.28. The molecule has 0 aliphatic rings. The monoisotopic (exact) mass is 147 g/mol. The standard InChI is InChI=1S/C5H9NO4/c1-2(7)4(8)3(6)5(9)10/h2-3,7H,6H2,1H3,(H,9,10)/t2?,3-/m0/s1. The quantitative estimate of drug-likeness (QED) is 0.415. The highest BCUT2D eigenvalue weighted by Crippen LogP contribution is 1.88. The van der Waals surface area contributed by atoms with Crippen LogP contribution in [-0.2, 0) is 9.59 Å². The molecule has 0 bridgehead atoms. The Bertz CT molecular complexity index is 154. The molecule has 0 aromatic carbocycles. The first-order chi connectivity index (χ1) is 4.46. The molecule has 5 nitrogen and oxygen atoms in total. The molecule has 0 aliphatic carbocycles. The fraction of sp³-hybridized carbons (Fsp3) is 0.600. The Kier molecular flexibility index (Phi) is 2.98. The summed E-state index contributed by atoms with van der Waals surface area (Å²) >= 11 is 0. The summed E-state index contributed by atoms with van der Waals surface area (Å²) < 4.78 is 0. The van der Waals surface area contributed by atoms with E-state index in [0.29, 0.717) is 0 Å². The highest BCUT2D eigenvalue weighted by atomic mass is 16.4. The summed E-state index contributed by atoms with van der Waals surface area (Å²) in [7, 11) is 0. The molecule has 10 heavy (non-hydrogen) atoms. The van der Waals surface area contributed by atoms with Crippen LogP contribution >= 0.6 is 0 Å². The summed E-state index contributed by atoms with van der Waals surface area (Å²) in [5.41, 5.74) is 4.85. The van der Waals surface area contributed by atoms with Crippen molar-refractivity contribution in [3.05, 3.63) is 0 Å². The lowest BCUT2D eigenvalue weighted by molar-refractivity contribution is -0.144. The third-order valence-corrected chi connectivity index (χ3v) is 0.984. The largest absolute Gasteiger partial charge is 0.480 e. The van der Waals surface area contributed by atoms with Gasteiger partial charge in [-0.15, -0.1) is 0 Å². The van der Waals surface area contributed by atoms with Gasteiger partial charge in [-0.3, -0.25) is 9.59 Å². The van der Waals surface area contributed by atoms with E-state index in [9.17, 15) is 9.59 Å². The number of hydrogen-bond acceptors (Lipinski definition) is 4. The molecule has 0 fully saturated rings. The van der Waals surface area contributed by atoms with Crippen molar-refractivity contribution < 1.29 is 19.8 Å². The first-order valence-electron chi connectivity index (χ1n) is 2.67. The van der Waals surface area contributed by atoms with Gasteiger partial charge in [-0.1, -0.05) is 0 Å². The van der Waals surface area contributed by atoms with Crippen LogP contribution in [0.1, 0.15) is 6.92 Å². The summed E-state index contributed by atoms with van der Waals surface area (Å²) in [6.07, 6.45) is -1.31. The predicted molar refractivity (Wildman–Crippen MR) is 32.3 cm³/mol. The van der Waals surface area contributed by atoms with Crippen molar-refractivity contribution in [1.82, 2.24) is 0 Å². The Labute approximate surface area is 57.5 Å². The van der Waals surface area contributed by atoms with Gasteiger partial charge in [0.1, 0.15) is 6.10 Å². The summed E-state index contributed by atoms with van der Waals surface area (Å²) in [6, 6.07) is -1.61. The maximum atomic E-state index is 10.5. The van der Waals surface area contributed by atoms with Crippen LogP contribution in [0.3, 0.4) is 0 Å². The number of Topliss-reactive ketones (excluding diaryl/α,β-unsaturated/α-hetero) is 1. The highest BCUT2D eigenvalue weighted by molar-refractivity contribution is 6.03. The molecule has 4 N–H and O–H groups in total. The van der Waals surface area contributed by atoms with Gasteiger partial charge >= 0.3 is 5.97 Å². The van der Waals surface area contributed by atoms with Crippen molar-refractivity contribution in [1.29, 1.82) is 0 Å². The average molecular weight is 147 g/mol. The van der Waals surface area contributed by atoms with Gasteiger partial charge in [0.05, 0.1) is 0 Å². The van der Waals surface area contributed by atoms with Crippen LogP contribution in [0.4, 0.5) is 0 Å². The number of carbonyl (C=O) groups is 2. The van der Waals surface area contributed by atoms with Gasteiger partial charge in [-0.2, -0.15) is 0 Å². The van der Waals surface area contributed by atoms with E-state index in [1.807, 2.05) is 0 Å². The van der Waals surface area contributed by atoms with Gasteiger partial charge < -0.3 is 15.9 Å². The number of carbonyl (C=O) groups excluding carboxylic acids is 1. The van der Waals surface area contributed by atoms with Crippen LogP contribution < -0.4 is 5.73 Å². The van der Waals surface area contributed by atoms with E-state index >= 15 is 0 Å². The molecule has 0 radical (unpaired) electrons. The van der Waals surface area contributed by atoms with Gasteiger partial charge in [0.2, 0.25) is 0 Å². The number of carboxylic acid groups (broad SMARTS) is 1. The first-order valence-corrected chi connectivity index (χ1v) is 2.67. The topological polar surface area (TPSA) is 101 Å². The Balaban J connectivity index is 4.08. The van der Waals surface area contributed by atoms with Gasteiger partial charge in [0.25, 0.3) is 0 Å². The van der Waals surface area contributed by atoms with Crippen LogP contribution in [0.5, 0.6) is 0 Å². The molecule has 5 heteroatoms. The maximum Gasteiger partial charge on any atom is 0.328 e. The van der Waals surface area contributed by atoms with Crippen molar-refractivity contribution in [2.75, 3.05) is 0 Å². The van der Waals surface area contributed by atoms with Gasteiger partial charge in [-0.25, -0.2) is 0 Å². The molecule has 58 valence electrons. The molecule has 0 amide bonds. The lowest BCUT2D eigenvalue weighted by Crippen LogP contribution is -2.43. The number of rotatable bonds is 3. The summed E-state index contributed by atoms with van der Waals surface area (Å²) in [5.74, 6) is -2.31. The van der Waals surface area contributed by atoms with E-state index in [4.69, 9.17) is 15.9 Å². The lowest BCUT2D eigenvalue weighted by atomic mass is 10.1. The summed E-state index contributed by atoms with van der Waals surface area (Å²) in [6.45, 7) is 1.17. The zero-order chi connectivity index (χ0) is 8.31. The minimum Gasteiger partial charge on any atom is -0.480 e. The molecule has 0 spiro atoms. The Morgan fingerprint density at radius 1 is 1.50 bits per heavy atom. The number of nitrogens with two attached hydrogens (primary N) is 1. The number of aliphatic carboxylic acids is 1. The van der Waals surface area contributed by atoms with E-state index in [0.717, 1.165) is 0 Å². The van der Waals surface area contributed by atoms with E-state index in [2.05, 4.69) is 0 Å². The van der Waals surface area contributed by atoms with Crippen LogP contribution in [0.15, 0.2) is 0 Å². The SMILES string of the molecule is CC(O)C(=O)[C@H](N)C(=O)O. The Hall–Kier alpha value is -0.940. The number of aliphatic hydroxyl groups excluding tert-OH is 1. The third kappa shape index (κ3) is 2.12. The molecule has 0 rings (SSSR count). The van der Waals surface area contributed by atoms with E-state index in [1.54, 1.807) is 0 Å². The zero-order valence-electron chi connectivity index (χ0n) is 5.44. The molecule has 1 unspecified atom stereocenters. The average Bonchev–Trinajstić information content (AvgIpc) is 1.84. The van der Waals surface area contributed by atoms with Gasteiger partial charge in [0, 0.05) is 0 Å². The van der Waals surface area contributed by atoms with E-state index in [-0.39, 0.29) is 0 Å².